The molecule has 2 fully saturated rings. The Morgan fingerprint density at radius 2 is 1.59 bits per heavy atom. The number of nitrogens with one attached hydrogen (secondary N) is 2. The molecule has 0 radical (unpaired) electrons. The summed E-state index contributed by atoms with van der Waals surface area (Å²) in [4.78, 5) is 65.8. The molecule has 2 atom stereocenters. The molecule has 4 amide bonds. The number of nitrogens with zero attached hydrogens (tertiary/aromatic N) is 6. The maximum atomic E-state index is 15.4. The lowest BCUT2D eigenvalue weighted by Gasteiger charge is -2.35. The number of anilines is 2. The van der Waals surface area contributed by atoms with Crippen molar-refractivity contribution in [3.63, 3.8) is 0 Å². The molecule has 4 heterocycles. The molecule has 2 N–H and O–H groups in total. The lowest BCUT2D eigenvalue weighted by molar-refractivity contribution is -0.144. The first kappa shape index (κ1) is 57.0. The molecule has 0 spiro atoms. The Balaban J connectivity index is 0.914. The molecule has 2 saturated heterocycles. The van der Waals surface area contributed by atoms with Crippen molar-refractivity contribution in [2.75, 3.05) is 62.6 Å². The molecule has 2 aliphatic heterocycles. The number of thiocarbonyl (C=S) groups is 1. The van der Waals surface area contributed by atoms with Crippen molar-refractivity contribution in [3.8, 4) is 22.4 Å². The smallest absolute Gasteiger partial charge is 0.421 e. The fraction of sp³-hybridized carbons (Fsp3) is 0.469. The predicted octanol–water partition coefficient (Wildman–Crippen LogP) is 7.75. The standard InChI is InChI=1S/C49H53F7N8O8S2/c1-28-39(74-27-60-28)30-11-9-29(10-12-30)24-58-41(66)35-8-7-15-62(35)43(67)40(46(2,3)4)61-36(65)26-71-19-18-69-16-17-70-20-21-72-42-33(48(51,52)53)22-32(25-59-42)64-45(73)63(44(68)47(64,5)6)34-14-13-31(23-57)37(38(34)50)49(54,55)56/h9-14,22,25,27,35,40H,7-8,15-21,24,26H2,1-6H3,(H,58,66)(H,61,65)/t35-,40+/m0/s1. The number of carbonyl (C=O) groups is 4. The number of likely N-dealkylation sites (tertiary alicyclic amines) is 1. The summed E-state index contributed by atoms with van der Waals surface area (Å²) in [5.74, 6) is -5.12. The summed E-state index contributed by atoms with van der Waals surface area (Å²) >= 11 is 6.88. The van der Waals surface area contributed by atoms with Crippen molar-refractivity contribution >= 4 is 63.7 Å². The van der Waals surface area contributed by atoms with E-state index in [2.05, 4.69) is 20.6 Å². The van der Waals surface area contributed by atoms with E-state index in [1.54, 1.807) is 37.6 Å². The van der Waals surface area contributed by atoms with Crippen molar-refractivity contribution in [1.29, 1.82) is 5.26 Å². The zero-order valence-electron chi connectivity index (χ0n) is 41.0. The average molecular weight is 1080 g/mol. The van der Waals surface area contributed by atoms with E-state index in [0.29, 0.717) is 36.4 Å². The van der Waals surface area contributed by atoms with Crippen LogP contribution in [0.15, 0.2) is 54.2 Å². The summed E-state index contributed by atoms with van der Waals surface area (Å²) in [6, 6.07) is 9.39. The SMILES string of the molecule is Cc1ncsc1-c1ccc(CNC(=O)[C@@H]2CCCN2C(=O)[C@@H](NC(=O)COCCOCCOCCOc2ncc(N3C(=S)N(c4ccc(C#N)c(C(F)(F)F)c4F)C(=O)C3(C)C)cc2C(F)(F)F)C(C)(C)C)cc1. The van der Waals surface area contributed by atoms with Crippen LogP contribution in [0, 0.1) is 29.5 Å². The molecule has 0 unspecified atom stereocenters. The molecule has 74 heavy (non-hydrogen) atoms. The Morgan fingerprint density at radius 1 is 0.946 bits per heavy atom. The highest BCUT2D eigenvalue weighted by Gasteiger charge is 2.53. The van der Waals surface area contributed by atoms with Gasteiger partial charge in [0.25, 0.3) is 5.91 Å². The number of nitriles is 1. The quantitative estimate of drug-likeness (QED) is 0.0497. The molecular formula is C49H53F7N8O8S2. The van der Waals surface area contributed by atoms with Crippen LogP contribution in [0.25, 0.3) is 10.4 Å². The maximum absolute atomic E-state index is 15.4. The van der Waals surface area contributed by atoms with Crippen molar-refractivity contribution in [3.05, 3.63) is 87.9 Å². The monoisotopic (exact) mass is 1080 g/mol. The fourth-order valence-electron chi connectivity index (χ4n) is 8.21. The third kappa shape index (κ3) is 13.1. The number of amides is 4. The van der Waals surface area contributed by atoms with E-state index in [1.165, 1.54) is 24.8 Å². The fourth-order valence-corrected chi connectivity index (χ4v) is 9.54. The first-order chi connectivity index (χ1) is 34.8. The second-order valence-corrected chi connectivity index (χ2v) is 19.9. The van der Waals surface area contributed by atoms with Gasteiger partial charge in [0.2, 0.25) is 23.6 Å². The van der Waals surface area contributed by atoms with Crippen LogP contribution in [-0.4, -0.2) is 114 Å². The van der Waals surface area contributed by atoms with E-state index >= 15 is 4.39 Å². The lowest BCUT2D eigenvalue weighted by atomic mass is 9.85. The second-order valence-electron chi connectivity index (χ2n) is 18.7. The number of hydrogen-bond acceptors (Lipinski definition) is 13. The van der Waals surface area contributed by atoms with E-state index < -0.39 is 98.7 Å². The highest BCUT2D eigenvalue weighted by molar-refractivity contribution is 7.81. The number of pyridine rings is 1. The van der Waals surface area contributed by atoms with Gasteiger partial charge in [0.1, 0.15) is 42.0 Å². The molecule has 6 rings (SSSR count). The van der Waals surface area contributed by atoms with E-state index in [-0.39, 0.29) is 58.0 Å². The molecule has 25 heteroatoms. The molecule has 2 aromatic heterocycles. The minimum Gasteiger partial charge on any atom is -0.475 e. The Bertz CT molecular complexity index is 2760. The minimum atomic E-state index is -5.34. The van der Waals surface area contributed by atoms with Crippen LogP contribution in [0.4, 0.5) is 42.1 Å². The Kier molecular flexibility index (Phi) is 18.1. The lowest BCUT2D eigenvalue weighted by Crippen LogP contribution is -2.58. The zero-order chi connectivity index (χ0) is 54.3. The molecule has 4 aromatic rings. The van der Waals surface area contributed by atoms with Gasteiger partial charge in [-0.15, -0.1) is 11.3 Å². The average Bonchev–Trinajstić information content (AvgIpc) is 4.04. The molecule has 16 nitrogen and oxygen atoms in total. The largest absolute Gasteiger partial charge is 0.475 e. The second kappa shape index (κ2) is 23.5. The third-order valence-electron chi connectivity index (χ3n) is 12.0. The third-order valence-corrected chi connectivity index (χ3v) is 13.3. The van der Waals surface area contributed by atoms with Crippen molar-refractivity contribution < 1.29 is 68.9 Å². The number of thiazole rings is 1. The van der Waals surface area contributed by atoms with Crippen LogP contribution in [-0.2, 0) is 52.3 Å². The first-order valence-electron chi connectivity index (χ1n) is 23.1. The van der Waals surface area contributed by atoms with Crippen LogP contribution in [0.2, 0.25) is 0 Å². The van der Waals surface area contributed by atoms with Gasteiger partial charge in [-0.1, -0.05) is 45.0 Å². The van der Waals surface area contributed by atoms with Gasteiger partial charge in [0, 0.05) is 13.1 Å². The first-order valence-corrected chi connectivity index (χ1v) is 24.3. The van der Waals surface area contributed by atoms with E-state index in [1.807, 2.05) is 31.2 Å². The topological polar surface area (TPSA) is 189 Å². The summed E-state index contributed by atoms with van der Waals surface area (Å²) in [6.07, 6.45) is -8.40. The molecular weight excluding hydrogens is 1030 g/mol. The molecule has 2 aromatic carbocycles. The Hall–Kier alpha value is -6.33. The summed E-state index contributed by atoms with van der Waals surface area (Å²) in [7, 11) is 0. The predicted molar refractivity (Wildman–Crippen MR) is 260 cm³/mol. The van der Waals surface area contributed by atoms with Crippen LogP contribution in [0.1, 0.15) is 75.4 Å². The van der Waals surface area contributed by atoms with E-state index in [4.69, 9.17) is 36.4 Å². The van der Waals surface area contributed by atoms with Gasteiger partial charge in [-0.25, -0.2) is 14.4 Å². The van der Waals surface area contributed by atoms with Crippen molar-refractivity contribution in [2.24, 2.45) is 5.41 Å². The molecule has 0 saturated carbocycles. The summed E-state index contributed by atoms with van der Waals surface area (Å²) in [6.45, 7) is 9.49. The molecule has 2 aliphatic rings. The van der Waals surface area contributed by atoms with Crippen molar-refractivity contribution in [1.82, 2.24) is 25.5 Å². The van der Waals surface area contributed by atoms with Gasteiger partial charge in [0.05, 0.1) is 78.3 Å². The maximum Gasteiger partial charge on any atom is 0.421 e. The number of ether oxygens (including phenoxy) is 4. The number of aryl methyl sites for hydroxylation is 1. The van der Waals surface area contributed by atoms with Gasteiger partial charge >= 0.3 is 12.4 Å². The number of carbonyl (C=O) groups excluding carboxylic acids is 4. The number of benzene rings is 2. The Morgan fingerprint density at radius 3 is 2.19 bits per heavy atom. The summed E-state index contributed by atoms with van der Waals surface area (Å²) in [5.41, 5.74) is -3.65. The highest BCUT2D eigenvalue weighted by atomic mass is 32.1. The van der Waals surface area contributed by atoms with Gasteiger partial charge < -0.3 is 39.4 Å². The van der Waals surface area contributed by atoms with Gasteiger partial charge in [0.15, 0.2) is 10.9 Å². The van der Waals surface area contributed by atoms with Crippen LogP contribution >= 0.6 is 23.6 Å². The van der Waals surface area contributed by atoms with Gasteiger partial charge in [-0.2, -0.15) is 31.6 Å². The number of rotatable bonds is 20. The molecule has 0 bridgehead atoms. The summed E-state index contributed by atoms with van der Waals surface area (Å²) in [5, 5.41) is 14.2. The van der Waals surface area contributed by atoms with Gasteiger partial charge in [-0.3, -0.25) is 24.1 Å². The van der Waals surface area contributed by atoms with Gasteiger partial charge in [-0.05, 0) is 80.6 Å². The van der Waals surface area contributed by atoms with Crippen LogP contribution < -0.4 is 25.2 Å². The highest BCUT2D eigenvalue weighted by Crippen LogP contribution is 2.44. The van der Waals surface area contributed by atoms with Crippen molar-refractivity contribution in [2.45, 2.75) is 90.9 Å². The zero-order valence-corrected chi connectivity index (χ0v) is 42.7. The van der Waals surface area contributed by atoms with Crippen LogP contribution in [0.5, 0.6) is 5.88 Å². The minimum absolute atomic E-state index is 0.00857. The van der Waals surface area contributed by atoms with E-state index in [9.17, 15) is 45.5 Å². The molecule has 0 aliphatic carbocycles. The van der Waals surface area contributed by atoms with E-state index in [0.717, 1.165) is 38.9 Å². The number of aromatic nitrogens is 2. The Labute approximate surface area is 431 Å². The number of hydrogen-bond donors (Lipinski definition) is 2. The van der Waals surface area contributed by atoms with Crippen LogP contribution in [0.3, 0.4) is 0 Å². The normalized spacial score (nSPS) is 16.4. The summed E-state index contributed by atoms with van der Waals surface area (Å²) < 4.78 is 121. The molecule has 398 valence electrons. The number of alkyl halides is 6. The number of halogens is 7.